The molecule has 0 fully saturated rings. The van der Waals surface area contributed by atoms with E-state index in [-0.39, 0.29) is 12.4 Å². The Morgan fingerprint density at radius 1 is 1.30 bits per heavy atom. The summed E-state index contributed by atoms with van der Waals surface area (Å²) in [5.74, 6) is 0.419. The minimum atomic E-state index is -3.00. The third-order valence-corrected chi connectivity index (χ3v) is 3.61. The summed E-state index contributed by atoms with van der Waals surface area (Å²) in [4.78, 5) is 0. The molecule has 0 aliphatic heterocycles. The van der Waals surface area contributed by atoms with Gasteiger partial charge in [-0.1, -0.05) is 0 Å². The van der Waals surface area contributed by atoms with Gasteiger partial charge in [-0.25, -0.2) is 8.42 Å². The Hall–Kier alpha value is -1.72. The largest absolute Gasteiger partial charge is 0.379 e. The predicted molar refractivity (Wildman–Crippen MR) is 75.2 cm³/mol. The summed E-state index contributed by atoms with van der Waals surface area (Å²) < 4.78 is 27.0. The van der Waals surface area contributed by atoms with Crippen molar-refractivity contribution in [1.29, 1.82) is 5.26 Å². The van der Waals surface area contributed by atoms with Gasteiger partial charge in [0, 0.05) is 12.8 Å². The molecule has 0 unspecified atom stereocenters. The number of hydrogen-bond acceptors (Lipinski definition) is 7. The molecule has 0 amide bonds. The van der Waals surface area contributed by atoms with Crippen LogP contribution in [0.15, 0.2) is 0 Å². The minimum absolute atomic E-state index is 0.000108. The van der Waals surface area contributed by atoms with E-state index in [2.05, 4.69) is 21.6 Å². The highest BCUT2D eigenvalue weighted by molar-refractivity contribution is 7.90. The number of nitrogens with one attached hydrogen (secondary N) is 1. The van der Waals surface area contributed by atoms with Crippen LogP contribution in [0.25, 0.3) is 0 Å². The second-order valence-corrected chi connectivity index (χ2v) is 6.67. The third kappa shape index (κ3) is 5.11. The molecule has 110 valence electrons. The van der Waals surface area contributed by atoms with Crippen molar-refractivity contribution in [3.63, 3.8) is 0 Å². The summed E-state index contributed by atoms with van der Waals surface area (Å²) in [7, 11) is -3.00. The summed E-state index contributed by atoms with van der Waals surface area (Å²) >= 11 is 0. The smallest absolute Gasteiger partial charge is 0.167 e. The molecule has 0 spiro atoms. The number of aryl methyl sites for hydroxylation is 1. The second-order valence-electron chi connectivity index (χ2n) is 4.41. The Morgan fingerprint density at radius 2 is 2.00 bits per heavy atom. The Bertz CT molecular complexity index is 608. The Kier molecular flexibility index (Phi) is 5.85. The van der Waals surface area contributed by atoms with Crippen molar-refractivity contribution in [3.8, 4) is 6.07 Å². The maximum Gasteiger partial charge on any atom is 0.167 e. The fourth-order valence-corrected chi connectivity index (χ4v) is 1.84. The maximum absolute atomic E-state index is 10.9. The summed E-state index contributed by atoms with van der Waals surface area (Å²) in [6.07, 6.45) is 1.17. The number of hydrogen-bond donors (Lipinski definition) is 1. The van der Waals surface area contributed by atoms with E-state index in [1.54, 1.807) is 6.92 Å². The van der Waals surface area contributed by atoms with Gasteiger partial charge in [0.1, 0.15) is 21.5 Å². The predicted octanol–water partition coefficient (Wildman–Crippen LogP) is 0.438. The lowest BCUT2D eigenvalue weighted by molar-refractivity contribution is 0.159. The highest BCUT2D eigenvalue weighted by Crippen LogP contribution is 2.16. The lowest BCUT2D eigenvalue weighted by Gasteiger charge is -2.09. The van der Waals surface area contributed by atoms with Crippen LogP contribution >= 0.6 is 0 Å². The van der Waals surface area contributed by atoms with Crippen molar-refractivity contribution in [2.24, 2.45) is 0 Å². The van der Waals surface area contributed by atoms with Crippen LogP contribution in [0.5, 0.6) is 0 Å². The molecule has 1 aromatic rings. The molecule has 1 N–H and O–H groups in total. The van der Waals surface area contributed by atoms with Crippen LogP contribution in [-0.4, -0.2) is 50.4 Å². The number of ether oxygens (including phenoxy) is 1. The van der Waals surface area contributed by atoms with E-state index >= 15 is 0 Å². The van der Waals surface area contributed by atoms with Crippen molar-refractivity contribution >= 4 is 15.7 Å². The Balaban J connectivity index is 2.44. The third-order valence-electron chi connectivity index (χ3n) is 2.70. The van der Waals surface area contributed by atoms with Crippen LogP contribution < -0.4 is 5.32 Å². The zero-order valence-corrected chi connectivity index (χ0v) is 12.6. The topological polar surface area (TPSA) is 105 Å². The number of nitrogens with zero attached hydrogens (tertiary/aromatic N) is 3. The molecular formula is C12H18N4O3S. The molecule has 0 saturated carbocycles. The van der Waals surface area contributed by atoms with Crippen molar-refractivity contribution in [2.75, 3.05) is 37.1 Å². The van der Waals surface area contributed by atoms with Crippen LogP contribution in [0.1, 0.15) is 16.8 Å². The van der Waals surface area contributed by atoms with Crippen LogP contribution in [0.4, 0.5) is 5.82 Å². The van der Waals surface area contributed by atoms with Gasteiger partial charge in [0.25, 0.3) is 0 Å². The fourth-order valence-electron chi connectivity index (χ4n) is 1.42. The van der Waals surface area contributed by atoms with Gasteiger partial charge in [-0.3, -0.25) is 0 Å². The van der Waals surface area contributed by atoms with E-state index in [9.17, 15) is 8.42 Å². The number of nitriles is 1. The van der Waals surface area contributed by atoms with Gasteiger partial charge in [-0.05, 0) is 19.4 Å². The van der Waals surface area contributed by atoms with Crippen LogP contribution in [0.2, 0.25) is 0 Å². The molecule has 0 aliphatic rings. The first-order valence-electron chi connectivity index (χ1n) is 6.08. The molecule has 0 saturated heterocycles. The molecule has 0 atom stereocenters. The molecule has 1 rings (SSSR count). The van der Waals surface area contributed by atoms with Crippen molar-refractivity contribution in [2.45, 2.75) is 13.8 Å². The Labute approximate surface area is 118 Å². The molecule has 0 aliphatic carbocycles. The van der Waals surface area contributed by atoms with Gasteiger partial charge in [-0.15, -0.1) is 5.10 Å². The number of rotatable bonds is 7. The average molecular weight is 298 g/mol. The maximum atomic E-state index is 10.9. The highest BCUT2D eigenvalue weighted by atomic mass is 32.2. The summed E-state index contributed by atoms with van der Waals surface area (Å²) in [5.41, 5.74) is 1.98. The van der Waals surface area contributed by atoms with Crippen molar-refractivity contribution in [1.82, 2.24) is 10.2 Å². The van der Waals surface area contributed by atoms with Crippen LogP contribution in [-0.2, 0) is 14.6 Å². The summed E-state index contributed by atoms with van der Waals surface area (Å²) in [6.45, 7) is 4.52. The first-order chi connectivity index (χ1) is 9.35. The normalized spacial score (nSPS) is 11.1. The van der Waals surface area contributed by atoms with Crippen LogP contribution in [0, 0.1) is 25.2 Å². The standard InChI is InChI=1S/C12H18N4O3S/c1-9-10(2)15-16-12(11(9)8-13)14-4-5-19-6-7-20(3,17)18/h4-7H2,1-3H3,(H,14,16). The van der Waals surface area contributed by atoms with E-state index < -0.39 is 9.84 Å². The average Bonchev–Trinajstić information content (AvgIpc) is 2.36. The minimum Gasteiger partial charge on any atom is -0.379 e. The molecule has 0 bridgehead atoms. The molecule has 8 heteroatoms. The van der Waals surface area contributed by atoms with Gasteiger partial charge >= 0.3 is 0 Å². The monoisotopic (exact) mass is 298 g/mol. The Morgan fingerprint density at radius 3 is 2.60 bits per heavy atom. The van der Waals surface area contributed by atoms with E-state index in [1.165, 1.54) is 6.26 Å². The molecule has 20 heavy (non-hydrogen) atoms. The number of aromatic nitrogens is 2. The van der Waals surface area contributed by atoms with E-state index in [4.69, 9.17) is 10.00 Å². The van der Waals surface area contributed by atoms with E-state index in [1.807, 2.05) is 6.92 Å². The molecule has 0 radical (unpaired) electrons. The lowest BCUT2D eigenvalue weighted by atomic mass is 10.1. The van der Waals surface area contributed by atoms with Crippen molar-refractivity contribution < 1.29 is 13.2 Å². The number of sulfone groups is 1. The van der Waals surface area contributed by atoms with E-state index in [0.29, 0.717) is 24.5 Å². The summed E-state index contributed by atoms with van der Waals surface area (Å²) in [6, 6.07) is 2.09. The molecular weight excluding hydrogens is 280 g/mol. The fraction of sp³-hybridized carbons (Fsp3) is 0.583. The zero-order valence-electron chi connectivity index (χ0n) is 11.8. The first kappa shape index (κ1) is 16.3. The van der Waals surface area contributed by atoms with Crippen molar-refractivity contribution in [3.05, 3.63) is 16.8 Å². The SMILES string of the molecule is Cc1nnc(NCCOCCS(C)(=O)=O)c(C#N)c1C. The van der Waals surface area contributed by atoms with Gasteiger partial charge in [0.2, 0.25) is 0 Å². The quantitative estimate of drug-likeness (QED) is 0.728. The zero-order chi connectivity index (χ0) is 15.2. The molecule has 0 aromatic carbocycles. The van der Waals surface area contributed by atoms with Gasteiger partial charge in [0.15, 0.2) is 5.82 Å². The van der Waals surface area contributed by atoms with Crippen LogP contribution in [0.3, 0.4) is 0 Å². The number of anilines is 1. The first-order valence-corrected chi connectivity index (χ1v) is 8.14. The van der Waals surface area contributed by atoms with Gasteiger partial charge < -0.3 is 10.1 Å². The highest BCUT2D eigenvalue weighted by Gasteiger charge is 2.10. The van der Waals surface area contributed by atoms with Gasteiger partial charge in [0.05, 0.1) is 24.7 Å². The summed E-state index contributed by atoms with van der Waals surface area (Å²) in [5, 5.41) is 19.9. The second kappa shape index (κ2) is 7.17. The van der Waals surface area contributed by atoms with Gasteiger partial charge in [-0.2, -0.15) is 10.4 Å². The lowest BCUT2D eigenvalue weighted by Crippen LogP contribution is -2.16. The van der Waals surface area contributed by atoms with E-state index in [0.717, 1.165) is 11.3 Å². The molecule has 7 nitrogen and oxygen atoms in total. The molecule has 1 heterocycles. The molecule has 1 aromatic heterocycles.